The minimum absolute atomic E-state index is 0.0711. The summed E-state index contributed by atoms with van der Waals surface area (Å²) < 4.78 is 7.36. The summed E-state index contributed by atoms with van der Waals surface area (Å²) in [7, 11) is 0. The van der Waals surface area contributed by atoms with Crippen molar-refractivity contribution in [1.82, 2.24) is 4.98 Å². The Bertz CT molecular complexity index is 602. The highest BCUT2D eigenvalue weighted by atomic mass is 79.9. The molecule has 1 heterocycles. The van der Waals surface area contributed by atoms with Gasteiger partial charge in [0, 0.05) is 26.3 Å². The highest BCUT2D eigenvalue weighted by molar-refractivity contribution is 9.11. The normalized spacial score (nSPS) is 12.5. The number of ether oxygens (including phenoxy) is 1. The van der Waals surface area contributed by atoms with E-state index in [0.717, 1.165) is 14.5 Å². The Labute approximate surface area is 135 Å². The Balaban J connectivity index is 2.33. The maximum absolute atomic E-state index is 10.5. The molecule has 1 unspecified atom stereocenters. The molecule has 5 heteroatoms. The van der Waals surface area contributed by atoms with Crippen molar-refractivity contribution in [3.05, 3.63) is 56.7 Å². The molecule has 2 aromatic rings. The summed E-state index contributed by atoms with van der Waals surface area (Å²) in [6.07, 6.45) is 2.60. The van der Waals surface area contributed by atoms with Gasteiger partial charge in [-0.3, -0.25) is 4.98 Å². The van der Waals surface area contributed by atoms with Gasteiger partial charge >= 0.3 is 0 Å². The lowest BCUT2D eigenvalue weighted by Gasteiger charge is -2.15. The summed E-state index contributed by atoms with van der Waals surface area (Å²) in [5, 5.41) is 10.5. The van der Waals surface area contributed by atoms with E-state index in [9.17, 15) is 5.11 Å². The lowest BCUT2D eigenvalue weighted by atomic mass is 10.0. The van der Waals surface area contributed by atoms with E-state index in [0.29, 0.717) is 11.3 Å². The second kappa shape index (κ2) is 6.70. The molecule has 1 aromatic heterocycles. The highest BCUT2D eigenvalue weighted by Crippen LogP contribution is 2.31. The summed E-state index contributed by atoms with van der Waals surface area (Å²) in [4.78, 5) is 4.12. The zero-order valence-corrected chi connectivity index (χ0v) is 14.3. The van der Waals surface area contributed by atoms with Crippen LogP contribution in [0, 0.1) is 0 Å². The molecule has 0 aliphatic rings. The van der Waals surface area contributed by atoms with E-state index in [4.69, 9.17) is 4.74 Å². The third-order valence-corrected chi connectivity index (χ3v) is 3.89. The molecule has 0 radical (unpaired) electrons. The number of nitrogens with zero attached hydrogens (tertiary/aromatic N) is 1. The predicted octanol–water partition coefficient (Wildman–Crippen LogP) is 4.48. The van der Waals surface area contributed by atoms with Crippen molar-refractivity contribution in [2.24, 2.45) is 0 Å². The number of pyridine rings is 1. The van der Waals surface area contributed by atoms with Gasteiger partial charge in [-0.25, -0.2) is 0 Å². The Hall–Kier alpha value is -0.910. The molecule has 0 amide bonds. The van der Waals surface area contributed by atoms with Crippen LogP contribution in [0.1, 0.15) is 31.1 Å². The lowest BCUT2D eigenvalue weighted by molar-refractivity contribution is 0.215. The second-order valence-corrected chi connectivity index (χ2v) is 6.46. The van der Waals surface area contributed by atoms with Gasteiger partial charge in [0.05, 0.1) is 12.3 Å². The second-order valence-electron chi connectivity index (χ2n) is 4.69. The topological polar surface area (TPSA) is 42.4 Å². The standard InChI is InChI=1S/C15H15Br2NO2/c1-9(2)20-12-5-10(7-18-8-12)15(19)13-6-11(16)3-4-14(13)17/h3-9,15,19H,1-2H3. The van der Waals surface area contributed by atoms with E-state index in [1.54, 1.807) is 12.4 Å². The number of benzene rings is 1. The zero-order chi connectivity index (χ0) is 14.7. The van der Waals surface area contributed by atoms with Gasteiger partial charge in [0.1, 0.15) is 11.9 Å². The Kier molecular flexibility index (Phi) is 5.18. The molecule has 0 saturated carbocycles. The van der Waals surface area contributed by atoms with E-state index in [-0.39, 0.29) is 6.10 Å². The summed E-state index contributed by atoms with van der Waals surface area (Å²) in [5.41, 5.74) is 1.48. The minimum atomic E-state index is -0.759. The van der Waals surface area contributed by atoms with Gasteiger partial charge in [-0.15, -0.1) is 0 Å². The van der Waals surface area contributed by atoms with Crippen molar-refractivity contribution in [3.8, 4) is 5.75 Å². The zero-order valence-electron chi connectivity index (χ0n) is 11.2. The summed E-state index contributed by atoms with van der Waals surface area (Å²) in [5.74, 6) is 0.655. The van der Waals surface area contributed by atoms with Crippen molar-refractivity contribution in [2.75, 3.05) is 0 Å². The molecule has 0 aliphatic carbocycles. The molecule has 0 aliphatic heterocycles. The van der Waals surface area contributed by atoms with Crippen LogP contribution in [-0.4, -0.2) is 16.2 Å². The maximum atomic E-state index is 10.5. The Morgan fingerprint density at radius 3 is 2.60 bits per heavy atom. The van der Waals surface area contributed by atoms with Crippen molar-refractivity contribution >= 4 is 31.9 Å². The number of halogens is 2. The Morgan fingerprint density at radius 1 is 1.15 bits per heavy atom. The first kappa shape index (κ1) is 15.5. The molecule has 1 N–H and O–H groups in total. The van der Waals surface area contributed by atoms with Gasteiger partial charge in [0.2, 0.25) is 0 Å². The molecule has 20 heavy (non-hydrogen) atoms. The highest BCUT2D eigenvalue weighted by Gasteiger charge is 2.15. The number of aliphatic hydroxyl groups excluding tert-OH is 1. The average molecular weight is 401 g/mol. The molecule has 0 saturated heterocycles. The minimum Gasteiger partial charge on any atom is -0.489 e. The molecule has 3 nitrogen and oxygen atoms in total. The average Bonchev–Trinajstić information content (AvgIpc) is 2.40. The fraction of sp³-hybridized carbons (Fsp3) is 0.267. The molecule has 0 fully saturated rings. The number of aliphatic hydroxyl groups is 1. The molecular weight excluding hydrogens is 386 g/mol. The van der Waals surface area contributed by atoms with Gasteiger partial charge in [0.15, 0.2) is 0 Å². The number of hydrogen-bond acceptors (Lipinski definition) is 3. The first-order valence-corrected chi connectivity index (χ1v) is 7.80. The quantitative estimate of drug-likeness (QED) is 0.822. The molecular formula is C15H15Br2NO2. The summed E-state index contributed by atoms with van der Waals surface area (Å²) >= 11 is 6.87. The largest absolute Gasteiger partial charge is 0.489 e. The van der Waals surface area contributed by atoms with Crippen LogP contribution in [0.4, 0.5) is 0 Å². The van der Waals surface area contributed by atoms with Gasteiger partial charge in [-0.2, -0.15) is 0 Å². The molecule has 1 aromatic carbocycles. The van der Waals surface area contributed by atoms with Gasteiger partial charge in [-0.1, -0.05) is 31.9 Å². The van der Waals surface area contributed by atoms with Crippen LogP contribution >= 0.6 is 31.9 Å². The van der Waals surface area contributed by atoms with Crippen LogP contribution in [-0.2, 0) is 0 Å². The third-order valence-electron chi connectivity index (χ3n) is 2.67. The van der Waals surface area contributed by atoms with Crippen molar-refractivity contribution in [3.63, 3.8) is 0 Å². The smallest absolute Gasteiger partial charge is 0.138 e. The SMILES string of the molecule is CC(C)Oc1cncc(C(O)c2cc(Br)ccc2Br)c1. The van der Waals surface area contributed by atoms with E-state index in [1.165, 1.54) is 0 Å². The van der Waals surface area contributed by atoms with Crippen molar-refractivity contribution in [2.45, 2.75) is 26.1 Å². The van der Waals surface area contributed by atoms with Gasteiger partial charge < -0.3 is 9.84 Å². The number of hydrogen-bond donors (Lipinski definition) is 1. The molecule has 0 spiro atoms. The Morgan fingerprint density at radius 2 is 1.90 bits per heavy atom. The van der Waals surface area contributed by atoms with E-state index in [2.05, 4.69) is 36.8 Å². The first-order chi connectivity index (χ1) is 9.47. The maximum Gasteiger partial charge on any atom is 0.138 e. The van der Waals surface area contributed by atoms with Crippen LogP contribution in [0.5, 0.6) is 5.75 Å². The summed E-state index contributed by atoms with van der Waals surface area (Å²) in [6, 6.07) is 7.50. The lowest BCUT2D eigenvalue weighted by Crippen LogP contribution is -2.07. The van der Waals surface area contributed by atoms with Crippen molar-refractivity contribution < 1.29 is 9.84 Å². The van der Waals surface area contributed by atoms with Crippen molar-refractivity contribution in [1.29, 1.82) is 0 Å². The first-order valence-electron chi connectivity index (χ1n) is 6.22. The van der Waals surface area contributed by atoms with Crippen LogP contribution < -0.4 is 4.74 Å². The van der Waals surface area contributed by atoms with Crippen LogP contribution in [0.3, 0.4) is 0 Å². The molecule has 106 valence electrons. The molecule has 2 rings (SSSR count). The van der Waals surface area contributed by atoms with Gasteiger partial charge in [-0.05, 0) is 38.1 Å². The van der Waals surface area contributed by atoms with E-state index >= 15 is 0 Å². The van der Waals surface area contributed by atoms with Crippen LogP contribution in [0.2, 0.25) is 0 Å². The fourth-order valence-corrected chi connectivity index (χ4v) is 2.67. The number of aromatic nitrogens is 1. The van der Waals surface area contributed by atoms with E-state index < -0.39 is 6.10 Å². The van der Waals surface area contributed by atoms with Crippen LogP contribution in [0.25, 0.3) is 0 Å². The molecule has 0 bridgehead atoms. The fourth-order valence-electron chi connectivity index (χ4n) is 1.83. The number of rotatable bonds is 4. The van der Waals surface area contributed by atoms with Crippen LogP contribution in [0.15, 0.2) is 45.6 Å². The molecule has 1 atom stereocenters. The third kappa shape index (κ3) is 3.81. The van der Waals surface area contributed by atoms with E-state index in [1.807, 2.05) is 38.1 Å². The predicted molar refractivity (Wildman–Crippen MR) is 85.9 cm³/mol. The van der Waals surface area contributed by atoms with Gasteiger partial charge in [0.25, 0.3) is 0 Å². The summed E-state index contributed by atoms with van der Waals surface area (Å²) in [6.45, 7) is 3.90. The monoisotopic (exact) mass is 399 g/mol.